The first-order valence-electron chi connectivity index (χ1n) is 6.67. The molecule has 0 saturated carbocycles. The summed E-state index contributed by atoms with van der Waals surface area (Å²) in [5.41, 5.74) is 0.818. The molecule has 3 rings (SSSR count). The van der Waals surface area contributed by atoms with Crippen LogP contribution in [0.2, 0.25) is 0 Å². The fourth-order valence-corrected chi connectivity index (χ4v) is 3.20. The van der Waals surface area contributed by atoms with Crippen LogP contribution >= 0.6 is 0 Å². The van der Waals surface area contributed by atoms with Gasteiger partial charge in [0, 0.05) is 18.4 Å². The number of fused-ring (bicyclic) bond motifs is 1. The predicted molar refractivity (Wildman–Crippen MR) is 81.5 cm³/mol. The van der Waals surface area contributed by atoms with E-state index in [1.54, 1.807) is 30.3 Å². The van der Waals surface area contributed by atoms with Gasteiger partial charge in [-0.1, -0.05) is 36.4 Å². The third-order valence-corrected chi connectivity index (χ3v) is 4.67. The topological polar surface area (TPSA) is 59.3 Å². The lowest BCUT2D eigenvalue weighted by molar-refractivity contribution is 0.540. The highest BCUT2D eigenvalue weighted by atomic mass is 32.2. The van der Waals surface area contributed by atoms with E-state index in [0.29, 0.717) is 13.0 Å². The SMILES string of the molecule is O=S(=O)(NCCc1cc2ccccc2o1)c1ccccc1. The highest BCUT2D eigenvalue weighted by Gasteiger charge is 2.12. The first kappa shape index (κ1) is 13.9. The standard InChI is InChI=1S/C16H15NO3S/c18-21(19,15-7-2-1-3-8-15)17-11-10-14-12-13-6-4-5-9-16(13)20-14/h1-9,12,17H,10-11H2. The minimum atomic E-state index is -3.45. The Morgan fingerprint density at radius 1 is 0.952 bits per heavy atom. The van der Waals surface area contributed by atoms with E-state index in [2.05, 4.69) is 4.72 Å². The monoisotopic (exact) mass is 301 g/mol. The zero-order chi connectivity index (χ0) is 14.7. The molecule has 5 heteroatoms. The average molecular weight is 301 g/mol. The molecule has 3 aromatic rings. The number of hydrogen-bond donors (Lipinski definition) is 1. The molecule has 0 saturated heterocycles. The van der Waals surface area contributed by atoms with Crippen molar-refractivity contribution in [2.45, 2.75) is 11.3 Å². The second-order valence-corrected chi connectivity index (χ2v) is 6.48. The van der Waals surface area contributed by atoms with Gasteiger partial charge in [-0.3, -0.25) is 0 Å². The number of rotatable bonds is 5. The van der Waals surface area contributed by atoms with Crippen molar-refractivity contribution in [2.24, 2.45) is 0 Å². The van der Waals surface area contributed by atoms with Gasteiger partial charge < -0.3 is 4.42 Å². The van der Waals surface area contributed by atoms with Gasteiger partial charge in [-0.25, -0.2) is 13.1 Å². The van der Waals surface area contributed by atoms with Crippen molar-refractivity contribution in [1.82, 2.24) is 4.72 Å². The number of para-hydroxylation sites is 1. The smallest absolute Gasteiger partial charge is 0.240 e. The van der Waals surface area contributed by atoms with E-state index in [0.717, 1.165) is 16.7 Å². The minimum Gasteiger partial charge on any atom is -0.461 e. The van der Waals surface area contributed by atoms with Gasteiger partial charge in [-0.15, -0.1) is 0 Å². The van der Waals surface area contributed by atoms with Crippen LogP contribution in [0.15, 0.2) is 70.0 Å². The molecule has 1 N–H and O–H groups in total. The lowest BCUT2D eigenvalue weighted by atomic mass is 10.2. The van der Waals surface area contributed by atoms with E-state index < -0.39 is 10.0 Å². The van der Waals surface area contributed by atoms with Gasteiger partial charge in [-0.2, -0.15) is 0 Å². The first-order chi connectivity index (χ1) is 10.1. The molecule has 21 heavy (non-hydrogen) atoms. The van der Waals surface area contributed by atoms with Crippen molar-refractivity contribution < 1.29 is 12.8 Å². The molecule has 0 atom stereocenters. The molecular formula is C16H15NO3S. The maximum Gasteiger partial charge on any atom is 0.240 e. The van der Waals surface area contributed by atoms with E-state index in [9.17, 15) is 8.42 Å². The van der Waals surface area contributed by atoms with Gasteiger partial charge in [-0.05, 0) is 24.3 Å². The van der Waals surface area contributed by atoms with Crippen LogP contribution in [0.3, 0.4) is 0 Å². The molecule has 0 bridgehead atoms. The number of nitrogens with one attached hydrogen (secondary N) is 1. The van der Waals surface area contributed by atoms with Crippen molar-refractivity contribution in [3.8, 4) is 0 Å². The number of furan rings is 1. The third-order valence-electron chi connectivity index (χ3n) is 3.19. The Hall–Kier alpha value is -2.11. The highest BCUT2D eigenvalue weighted by Crippen LogP contribution is 2.19. The van der Waals surface area contributed by atoms with Crippen molar-refractivity contribution in [2.75, 3.05) is 6.54 Å². The molecule has 2 aromatic carbocycles. The van der Waals surface area contributed by atoms with E-state index in [1.807, 2.05) is 30.3 Å². The Bertz CT molecular complexity index is 805. The molecule has 108 valence electrons. The fraction of sp³-hybridized carbons (Fsp3) is 0.125. The van der Waals surface area contributed by atoms with Crippen molar-refractivity contribution in [1.29, 1.82) is 0 Å². The lowest BCUT2D eigenvalue weighted by Crippen LogP contribution is -2.25. The molecule has 4 nitrogen and oxygen atoms in total. The molecule has 1 aromatic heterocycles. The fourth-order valence-electron chi connectivity index (χ4n) is 2.15. The maximum absolute atomic E-state index is 12.1. The number of sulfonamides is 1. The normalized spacial score (nSPS) is 11.8. The van der Waals surface area contributed by atoms with Crippen LogP contribution in [0.25, 0.3) is 11.0 Å². The molecule has 0 unspecified atom stereocenters. The zero-order valence-electron chi connectivity index (χ0n) is 11.3. The van der Waals surface area contributed by atoms with Crippen molar-refractivity contribution >= 4 is 21.0 Å². The molecule has 0 aliphatic heterocycles. The van der Waals surface area contributed by atoms with E-state index in [-0.39, 0.29) is 4.90 Å². The summed E-state index contributed by atoms with van der Waals surface area (Å²) in [6.45, 7) is 0.303. The number of hydrogen-bond acceptors (Lipinski definition) is 3. The molecule has 0 radical (unpaired) electrons. The Labute approximate surface area is 123 Å². The Morgan fingerprint density at radius 3 is 2.43 bits per heavy atom. The molecule has 0 aliphatic rings. The summed E-state index contributed by atoms with van der Waals surface area (Å²) < 4.78 is 32.3. The quantitative estimate of drug-likeness (QED) is 0.788. The van der Waals surface area contributed by atoms with Crippen LogP contribution < -0.4 is 4.72 Å². The van der Waals surface area contributed by atoms with Crippen LogP contribution in [0, 0.1) is 0 Å². The van der Waals surface area contributed by atoms with Crippen LogP contribution in [-0.4, -0.2) is 15.0 Å². The van der Waals surface area contributed by atoms with E-state index in [1.165, 1.54) is 0 Å². The summed E-state index contributed by atoms with van der Waals surface area (Å²) >= 11 is 0. The van der Waals surface area contributed by atoms with Crippen LogP contribution in [0.5, 0.6) is 0 Å². The van der Waals surface area contributed by atoms with Crippen LogP contribution in [0.1, 0.15) is 5.76 Å². The Kier molecular flexibility index (Phi) is 3.77. The summed E-state index contributed by atoms with van der Waals surface area (Å²) in [6, 6.07) is 18.0. The zero-order valence-corrected chi connectivity index (χ0v) is 12.1. The van der Waals surface area contributed by atoms with Gasteiger partial charge in [0.25, 0.3) is 0 Å². The van der Waals surface area contributed by atoms with E-state index >= 15 is 0 Å². The van der Waals surface area contributed by atoms with Crippen LogP contribution in [0.4, 0.5) is 0 Å². The first-order valence-corrected chi connectivity index (χ1v) is 8.16. The van der Waals surface area contributed by atoms with Gasteiger partial charge >= 0.3 is 0 Å². The molecule has 0 fully saturated rings. The number of benzene rings is 2. The summed E-state index contributed by atoms with van der Waals surface area (Å²) in [5.74, 6) is 0.770. The molecule has 0 amide bonds. The Balaban J connectivity index is 1.66. The van der Waals surface area contributed by atoms with Gasteiger partial charge in [0.15, 0.2) is 0 Å². The minimum absolute atomic E-state index is 0.273. The lowest BCUT2D eigenvalue weighted by Gasteiger charge is -2.05. The molecule has 0 spiro atoms. The van der Waals surface area contributed by atoms with Crippen LogP contribution in [-0.2, 0) is 16.4 Å². The second kappa shape index (κ2) is 5.71. The third kappa shape index (κ3) is 3.15. The summed E-state index contributed by atoms with van der Waals surface area (Å²) in [6.07, 6.45) is 0.515. The van der Waals surface area contributed by atoms with Crippen molar-refractivity contribution in [3.05, 3.63) is 66.4 Å². The van der Waals surface area contributed by atoms with Gasteiger partial charge in [0.05, 0.1) is 4.90 Å². The summed E-state index contributed by atoms with van der Waals surface area (Å²) in [4.78, 5) is 0.273. The maximum atomic E-state index is 12.1. The average Bonchev–Trinajstić information content (AvgIpc) is 2.90. The highest BCUT2D eigenvalue weighted by molar-refractivity contribution is 7.89. The molecular weight excluding hydrogens is 286 g/mol. The molecule has 1 heterocycles. The predicted octanol–water partition coefficient (Wildman–Crippen LogP) is 2.95. The van der Waals surface area contributed by atoms with E-state index in [4.69, 9.17) is 4.42 Å². The largest absolute Gasteiger partial charge is 0.461 e. The summed E-state index contributed by atoms with van der Waals surface area (Å²) in [5, 5.41) is 1.03. The Morgan fingerprint density at radius 2 is 1.67 bits per heavy atom. The molecule has 0 aliphatic carbocycles. The van der Waals surface area contributed by atoms with Gasteiger partial charge in [0.2, 0.25) is 10.0 Å². The van der Waals surface area contributed by atoms with Gasteiger partial charge in [0.1, 0.15) is 11.3 Å². The van der Waals surface area contributed by atoms with Crippen molar-refractivity contribution in [3.63, 3.8) is 0 Å². The second-order valence-electron chi connectivity index (χ2n) is 4.71. The summed E-state index contributed by atoms with van der Waals surface area (Å²) in [7, 11) is -3.45.